The molecule has 0 saturated heterocycles. The number of carbonyl (C=O) groups excluding carboxylic acids is 1. The second-order valence-electron chi connectivity index (χ2n) is 5.68. The zero-order valence-electron chi connectivity index (χ0n) is 13.7. The molecular formula is C19H14F3N3O. The molecule has 0 bridgehead atoms. The molecule has 0 saturated carbocycles. The van der Waals surface area contributed by atoms with E-state index in [1.54, 1.807) is 25.3 Å². The number of hydrogen-bond acceptors (Lipinski definition) is 3. The largest absolute Gasteiger partial charge is 0.409 e. The Morgan fingerprint density at radius 1 is 1.15 bits per heavy atom. The molecule has 0 aliphatic heterocycles. The van der Waals surface area contributed by atoms with E-state index in [2.05, 4.69) is 15.3 Å². The van der Waals surface area contributed by atoms with E-state index in [0.717, 1.165) is 11.5 Å². The van der Waals surface area contributed by atoms with Crippen molar-refractivity contribution in [1.82, 2.24) is 9.97 Å². The molecule has 0 aliphatic rings. The lowest BCUT2D eigenvalue weighted by Crippen LogP contribution is -2.13. The zero-order chi connectivity index (χ0) is 18.7. The highest BCUT2D eigenvalue weighted by molar-refractivity contribution is 6.05. The van der Waals surface area contributed by atoms with Crippen LogP contribution in [-0.2, 0) is 0 Å². The molecule has 0 aliphatic carbocycles. The SMILES string of the molecule is Cc1cc(C=CC(F)(F)F)ccc1C(=O)Nc1cnc2ncccc2c1. The quantitative estimate of drug-likeness (QED) is 0.735. The van der Waals surface area contributed by atoms with Crippen LogP contribution in [0, 0.1) is 6.92 Å². The summed E-state index contributed by atoms with van der Waals surface area (Å²) in [5.41, 5.74) is 2.40. The zero-order valence-corrected chi connectivity index (χ0v) is 13.7. The van der Waals surface area contributed by atoms with Crippen molar-refractivity contribution in [1.29, 1.82) is 0 Å². The fourth-order valence-electron chi connectivity index (χ4n) is 2.47. The summed E-state index contributed by atoms with van der Waals surface area (Å²) >= 11 is 0. The topological polar surface area (TPSA) is 54.9 Å². The minimum atomic E-state index is -4.37. The molecule has 1 amide bonds. The molecule has 4 nitrogen and oxygen atoms in total. The van der Waals surface area contributed by atoms with E-state index in [0.29, 0.717) is 28.0 Å². The third-order valence-corrected chi connectivity index (χ3v) is 3.67. The molecular weight excluding hydrogens is 343 g/mol. The van der Waals surface area contributed by atoms with Gasteiger partial charge in [-0.05, 0) is 42.3 Å². The highest BCUT2D eigenvalue weighted by Gasteiger charge is 2.21. The highest BCUT2D eigenvalue weighted by atomic mass is 19.4. The number of aryl methyl sites for hydroxylation is 1. The number of halogens is 3. The van der Waals surface area contributed by atoms with Crippen molar-refractivity contribution in [2.75, 3.05) is 5.32 Å². The number of nitrogens with one attached hydrogen (secondary N) is 1. The van der Waals surface area contributed by atoms with Crippen molar-refractivity contribution in [2.45, 2.75) is 13.1 Å². The first-order valence-electron chi connectivity index (χ1n) is 7.70. The summed E-state index contributed by atoms with van der Waals surface area (Å²) in [5.74, 6) is -0.362. The number of rotatable bonds is 3. The average molecular weight is 357 g/mol. The number of alkyl halides is 3. The Bertz CT molecular complexity index is 997. The van der Waals surface area contributed by atoms with Crippen LogP contribution in [-0.4, -0.2) is 22.1 Å². The smallest absolute Gasteiger partial charge is 0.321 e. The van der Waals surface area contributed by atoms with E-state index < -0.39 is 6.18 Å². The molecule has 132 valence electrons. The predicted octanol–water partition coefficient (Wildman–Crippen LogP) is 4.77. The van der Waals surface area contributed by atoms with Gasteiger partial charge in [0.1, 0.15) is 0 Å². The van der Waals surface area contributed by atoms with Gasteiger partial charge in [-0.2, -0.15) is 13.2 Å². The lowest BCUT2D eigenvalue weighted by Gasteiger charge is -2.09. The van der Waals surface area contributed by atoms with Crippen LogP contribution in [0.4, 0.5) is 18.9 Å². The molecule has 0 radical (unpaired) electrons. The summed E-state index contributed by atoms with van der Waals surface area (Å²) in [6.07, 6.45) is -0.109. The standard InChI is InChI=1S/C19H14F3N3O/c1-12-9-13(6-7-19(20,21)22)4-5-16(12)18(26)25-15-10-14-3-2-8-23-17(14)24-11-15/h2-11H,1H3,(H,25,26). The number of hydrogen-bond donors (Lipinski definition) is 1. The fourth-order valence-corrected chi connectivity index (χ4v) is 2.47. The van der Waals surface area contributed by atoms with E-state index in [4.69, 9.17) is 0 Å². The van der Waals surface area contributed by atoms with Gasteiger partial charge in [0, 0.05) is 23.2 Å². The Morgan fingerprint density at radius 2 is 1.96 bits per heavy atom. The van der Waals surface area contributed by atoms with E-state index >= 15 is 0 Å². The van der Waals surface area contributed by atoms with Gasteiger partial charge in [0.15, 0.2) is 5.65 Å². The number of anilines is 1. The van der Waals surface area contributed by atoms with Gasteiger partial charge in [-0.15, -0.1) is 0 Å². The summed E-state index contributed by atoms with van der Waals surface area (Å²) in [4.78, 5) is 20.7. The van der Waals surface area contributed by atoms with E-state index in [1.807, 2.05) is 6.07 Å². The Morgan fingerprint density at radius 3 is 2.69 bits per heavy atom. The number of carbonyl (C=O) groups is 1. The maximum atomic E-state index is 12.4. The first-order chi connectivity index (χ1) is 12.3. The van der Waals surface area contributed by atoms with Crippen LogP contribution < -0.4 is 5.32 Å². The van der Waals surface area contributed by atoms with Crippen LogP contribution in [0.5, 0.6) is 0 Å². The first kappa shape index (κ1) is 17.6. The number of benzene rings is 1. The fraction of sp³-hybridized carbons (Fsp3) is 0.105. The molecule has 2 aromatic heterocycles. The van der Waals surface area contributed by atoms with E-state index in [1.165, 1.54) is 24.4 Å². The van der Waals surface area contributed by atoms with Gasteiger partial charge in [-0.1, -0.05) is 18.2 Å². The van der Waals surface area contributed by atoms with Crippen molar-refractivity contribution in [3.63, 3.8) is 0 Å². The van der Waals surface area contributed by atoms with Gasteiger partial charge < -0.3 is 5.32 Å². The molecule has 3 rings (SSSR count). The minimum absolute atomic E-state index is 0.163. The predicted molar refractivity (Wildman–Crippen MR) is 93.8 cm³/mol. The van der Waals surface area contributed by atoms with Crippen molar-refractivity contribution in [3.8, 4) is 0 Å². The molecule has 26 heavy (non-hydrogen) atoms. The van der Waals surface area contributed by atoms with Crippen LogP contribution in [0.25, 0.3) is 17.1 Å². The molecule has 0 unspecified atom stereocenters. The molecule has 0 spiro atoms. The lowest BCUT2D eigenvalue weighted by molar-refractivity contribution is -0.0790. The third-order valence-electron chi connectivity index (χ3n) is 3.67. The average Bonchev–Trinajstić information content (AvgIpc) is 2.59. The second kappa shape index (κ2) is 6.95. The summed E-state index contributed by atoms with van der Waals surface area (Å²) in [5, 5.41) is 3.53. The van der Waals surface area contributed by atoms with Gasteiger partial charge in [0.25, 0.3) is 5.91 Å². The molecule has 0 fully saturated rings. The second-order valence-corrected chi connectivity index (χ2v) is 5.68. The van der Waals surface area contributed by atoms with Gasteiger partial charge >= 0.3 is 6.18 Å². The van der Waals surface area contributed by atoms with Crippen LogP contribution in [0.3, 0.4) is 0 Å². The molecule has 2 heterocycles. The van der Waals surface area contributed by atoms with Crippen molar-refractivity contribution in [3.05, 3.63) is 71.6 Å². The first-order valence-corrected chi connectivity index (χ1v) is 7.70. The third kappa shape index (κ3) is 4.24. The molecule has 1 N–H and O–H groups in total. The van der Waals surface area contributed by atoms with Crippen LogP contribution in [0.1, 0.15) is 21.5 Å². The Kier molecular flexibility index (Phi) is 4.71. The number of nitrogens with zero attached hydrogens (tertiary/aromatic N) is 2. The molecule has 1 aromatic carbocycles. The monoisotopic (exact) mass is 357 g/mol. The summed E-state index contributed by atoms with van der Waals surface area (Å²) in [6, 6.07) is 9.84. The van der Waals surface area contributed by atoms with Crippen molar-refractivity contribution >= 4 is 28.7 Å². The number of pyridine rings is 2. The lowest BCUT2D eigenvalue weighted by atomic mass is 10.0. The van der Waals surface area contributed by atoms with Gasteiger partial charge in [-0.3, -0.25) is 4.79 Å². The number of allylic oxidation sites excluding steroid dienone is 1. The maximum absolute atomic E-state index is 12.4. The molecule has 0 atom stereocenters. The van der Waals surface area contributed by atoms with Gasteiger partial charge in [-0.25, -0.2) is 9.97 Å². The van der Waals surface area contributed by atoms with Crippen molar-refractivity contribution < 1.29 is 18.0 Å². The Balaban J connectivity index is 1.79. The molecule has 7 heteroatoms. The van der Waals surface area contributed by atoms with Crippen molar-refractivity contribution in [2.24, 2.45) is 0 Å². The normalized spacial score (nSPS) is 11.8. The van der Waals surface area contributed by atoms with E-state index in [-0.39, 0.29) is 12.0 Å². The van der Waals surface area contributed by atoms with Gasteiger partial charge in [0.05, 0.1) is 11.9 Å². The van der Waals surface area contributed by atoms with Gasteiger partial charge in [0.2, 0.25) is 0 Å². The van der Waals surface area contributed by atoms with E-state index in [9.17, 15) is 18.0 Å². The minimum Gasteiger partial charge on any atom is -0.321 e. The number of amides is 1. The van der Waals surface area contributed by atoms with Crippen LogP contribution in [0.2, 0.25) is 0 Å². The number of aromatic nitrogens is 2. The Hall–Kier alpha value is -3.22. The maximum Gasteiger partial charge on any atom is 0.409 e. The Labute approximate surface area is 147 Å². The summed E-state index contributed by atoms with van der Waals surface area (Å²) in [7, 11) is 0. The highest BCUT2D eigenvalue weighted by Crippen LogP contribution is 2.20. The molecule has 3 aromatic rings. The van der Waals surface area contributed by atoms with Crippen LogP contribution >= 0.6 is 0 Å². The summed E-state index contributed by atoms with van der Waals surface area (Å²) < 4.78 is 36.7. The number of fused-ring (bicyclic) bond motifs is 1. The summed E-state index contributed by atoms with van der Waals surface area (Å²) in [6.45, 7) is 1.67. The van der Waals surface area contributed by atoms with Crippen LogP contribution in [0.15, 0.2) is 54.9 Å².